The first kappa shape index (κ1) is 17.0. The summed E-state index contributed by atoms with van der Waals surface area (Å²) in [4.78, 5) is 22.8. The SMILES string of the molecule is CCCC(CNC(=O)c1ccccc1C(F)(F)F)C(=O)O. The van der Waals surface area contributed by atoms with E-state index in [2.05, 4.69) is 5.32 Å². The van der Waals surface area contributed by atoms with Crippen LogP contribution in [0.15, 0.2) is 24.3 Å². The minimum absolute atomic E-state index is 0.200. The highest BCUT2D eigenvalue weighted by atomic mass is 19.4. The molecule has 0 radical (unpaired) electrons. The van der Waals surface area contributed by atoms with Crippen LogP contribution in [0.2, 0.25) is 0 Å². The lowest BCUT2D eigenvalue weighted by molar-refractivity contribution is -0.142. The Morgan fingerprint density at radius 3 is 2.43 bits per heavy atom. The number of rotatable bonds is 6. The molecule has 4 nitrogen and oxygen atoms in total. The number of benzene rings is 1. The summed E-state index contributed by atoms with van der Waals surface area (Å²) in [5.74, 6) is -2.82. The number of carboxylic acids is 1. The van der Waals surface area contributed by atoms with Crippen LogP contribution in [-0.2, 0) is 11.0 Å². The summed E-state index contributed by atoms with van der Waals surface area (Å²) in [5.41, 5.74) is -1.55. The van der Waals surface area contributed by atoms with E-state index in [0.717, 1.165) is 12.1 Å². The Morgan fingerprint density at radius 2 is 1.90 bits per heavy atom. The summed E-state index contributed by atoms with van der Waals surface area (Å²) >= 11 is 0. The van der Waals surface area contributed by atoms with Gasteiger partial charge in [0.2, 0.25) is 0 Å². The number of hydrogen-bond acceptors (Lipinski definition) is 2. The molecule has 0 aromatic heterocycles. The van der Waals surface area contributed by atoms with Crippen molar-refractivity contribution in [2.45, 2.75) is 25.9 Å². The van der Waals surface area contributed by atoms with Gasteiger partial charge in [0, 0.05) is 6.54 Å². The van der Waals surface area contributed by atoms with Gasteiger partial charge in [0.25, 0.3) is 5.91 Å². The lowest BCUT2D eigenvalue weighted by Gasteiger charge is -2.15. The van der Waals surface area contributed by atoms with Crippen molar-refractivity contribution in [1.82, 2.24) is 5.32 Å². The van der Waals surface area contributed by atoms with Gasteiger partial charge in [-0.25, -0.2) is 0 Å². The average molecular weight is 303 g/mol. The van der Waals surface area contributed by atoms with Crippen LogP contribution >= 0.6 is 0 Å². The van der Waals surface area contributed by atoms with Gasteiger partial charge in [-0.2, -0.15) is 13.2 Å². The first-order valence-corrected chi connectivity index (χ1v) is 6.44. The minimum atomic E-state index is -4.64. The fourth-order valence-electron chi connectivity index (χ4n) is 1.90. The van der Waals surface area contributed by atoms with Crippen molar-refractivity contribution < 1.29 is 27.9 Å². The molecule has 1 amide bonds. The molecule has 0 aliphatic carbocycles. The quantitative estimate of drug-likeness (QED) is 0.849. The maximum atomic E-state index is 12.8. The van der Waals surface area contributed by atoms with Crippen LogP contribution < -0.4 is 5.32 Å². The van der Waals surface area contributed by atoms with Gasteiger partial charge in [-0.15, -0.1) is 0 Å². The van der Waals surface area contributed by atoms with Crippen molar-refractivity contribution in [1.29, 1.82) is 0 Å². The van der Waals surface area contributed by atoms with E-state index in [1.165, 1.54) is 12.1 Å². The highest BCUT2D eigenvalue weighted by molar-refractivity contribution is 5.96. The van der Waals surface area contributed by atoms with Crippen LogP contribution in [-0.4, -0.2) is 23.5 Å². The van der Waals surface area contributed by atoms with Crippen LogP contribution in [0.1, 0.15) is 35.7 Å². The molecule has 0 saturated carbocycles. The van der Waals surface area contributed by atoms with E-state index in [-0.39, 0.29) is 6.54 Å². The second kappa shape index (κ2) is 7.10. The number of hydrogen-bond donors (Lipinski definition) is 2. The van der Waals surface area contributed by atoms with Crippen molar-refractivity contribution in [3.8, 4) is 0 Å². The fraction of sp³-hybridized carbons (Fsp3) is 0.429. The Balaban J connectivity index is 2.83. The standard InChI is InChI=1S/C14H16F3NO3/c1-2-5-9(13(20)21)8-18-12(19)10-6-3-4-7-11(10)14(15,16)17/h3-4,6-7,9H,2,5,8H2,1H3,(H,18,19)(H,20,21). The van der Waals surface area contributed by atoms with Gasteiger partial charge in [0.05, 0.1) is 17.0 Å². The van der Waals surface area contributed by atoms with Gasteiger partial charge in [0.15, 0.2) is 0 Å². The number of carbonyl (C=O) groups excluding carboxylic acids is 1. The molecule has 116 valence electrons. The molecule has 2 N–H and O–H groups in total. The van der Waals surface area contributed by atoms with Crippen LogP contribution in [0.5, 0.6) is 0 Å². The summed E-state index contributed by atoms with van der Waals surface area (Å²) in [7, 11) is 0. The van der Waals surface area contributed by atoms with Crippen LogP contribution in [0.4, 0.5) is 13.2 Å². The maximum absolute atomic E-state index is 12.8. The molecule has 1 rings (SSSR count). The topological polar surface area (TPSA) is 66.4 Å². The van der Waals surface area contributed by atoms with E-state index in [1.54, 1.807) is 6.92 Å². The van der Waals surface area contributed by atoms with E-state index in [9.17, 15) is 22.8 Å². The van der Waals surface area contributed by atoms with E-state index in [4.69, 9.17) is 5.11 Å². The predicted octanol–water partition coefficient (Wildman–Crippen LogP) is 2.94. The summed E-state index contributed by atoms with van der Waals surface area (Å²) in [5, 5.41) is 11.2. The third kappa shape index (κ3) is 4.77. The number of nitrogens with one attached hydrogen (secondary N) is 1. The molecule has 0 bridgehead atoms. The summed E-state index contributed by atoms with van der Waals surface area (Å²) < 4.78 is 38.3. The van der Waals surface area contributed by atoms with E-state index in [0.29, 0.717) is 12.8 Å². The van der Waals surface area contributed by atoms with Gasteiger partial charge in [-0.3, -0.25) is 9.59 Å². The molecule has 21 heavy (non-hydrogen) atoms. The normalized spacial score (nSPS) is 12.8. The first-order chi connectivity index (χ1) is 9.77. The zero-order valence-corrected chi connectivity index (χ0v) is 11.4. The molecule has 0 saturated heterocycles. The Hall–Kier alpha value is -2.05. The highest BCUT2D eigenvalue weighted by Gasteiger charge is 2.34. The average Bonchev–Trinajstić information content (AvgIpc) is 2.41. The van der Waals surface area contributed by atoms with Gasteiger partial charge in [0.1, 0.15) is 0 Å². The van der Waals surface area contributed by atoms with E-state index < -0.39 is 35.1 Å². The molecule has 0 heterocycles. The first-order valence-electron chi connectivity index (χ1n) is 6.44. The molecule has 0 fully saturated rings. The van der Waals surface area contributed by atoms with Crippen LogP contribution in [0.25, 0.3) is 0 Å². The molecule has 0 aliphatic heterocycles. The van der Waals surface area contributed by atoms with Crippen LogP contribution in [0.3, 0.4) is 0 Å². The summed E-state index contributed by atoms with van der Waals surface area (Å²) in [6, 6.07) is 4.39. The zero-order valence-electron chi connectivity index (χ0n) is 11.4. The predicted molar refractivity (Wildman–Crippen MR) is 69.8 cm³/mol. The Kier molecular flexibility index (Phi) is 5.75. The Labute approximate surface area is 120 Å². The molecule has 1 atom stereocenters. The minimum Gasteiger partial charge on any atom is -0.481 e. The summed E-state index contributed by atoms with van der Waals surface area (Å²) in [6.45, 7) is 1.59. The molecule has 7 heteroatoms. The lowest BCUT2D eigenvalue weighted by Crippen LogP contribution is -2.34. The van der Waals surface area contributed by atoms with E-state index >= 15 is 0 Å². The Morgan fingerprint density at radius 1 is 1.29 bits per heavy atom. The zero-order chi connectivity index (χ0) is 16.0. The van der Waals surface area contributed by atoms with Crippen molar-refractivity contribution >= 4 is 11.9 Å². The fourth-order valence-corrected chi connectivity index (χ4v) is 1.90. The molecule has 0 aliphatic rings. The molecular formula is C14H16F3NO3. The molecule has 1 aromatic carbocycles. The summed E-state index contributed by atoms with van der Waals surface area (Å²) in [6.07, 6.45) is -3.69. The molecule has 1 aromatic rings. The maximum Gasteiger partial charge on any atom is 0.417 e. The monoisotopic (exact) mass is 303 g/mol. The number of amides is 1. The van der Waals surface area contributed by atoms with Crippen molar-refractivity contribution in [2.24, 2.45) is 5.92 Å². The smallest absolute Gasteiger partial charge is 0.417 e. The third-order valence-electron chi connectivity index (χ3n) is 2.97. The number of aliphatic carboxylic acids is 1. The Bertz CT molecular complexity index is 514. The second-order valence-corrected chi connectivity index (χ2v) is 4.58. The molecule has 0 spiro atoms. The van der Waals surface area contributed by atoms with Crippen molar-refractivity contribution in [2.75, 3.05) is 6.54 Å². The van der Waals surface area contributed by atoms with Gasteiger partial charge in [-0.05, 0) is 18.6 Å². The third-order valence-corrected chi connectivity index (χ3v) is 2.97. The molecule has 1 unspecified atom stereocenters. The second-order valence-electron chi connectivity index (χ2n) is 4.58. The van der Waals surface area contributed by atoms with Gasteiger partial charge < -0.3 is 10.4 Å². The van der Waals surface area contributed by atoms with Gasteiger partial charge in [-0.1, -0.05) is 25.5 Å². The number of alkyl halides is 3. The largest absolute Gasteiger partial charge is 0.481 e. The van der Waals surface area contributed by atoms with Crippen molar-refractivity contribution in [3.05, 3.63) is 35.4 Å². The highest BCUT2D eigenvalue weighted by Crippen LogP contribution is 2.31. The van der Waals surface area contributed by atoms with Crippen molar-refractivity contribution in [3.63, 3.8) is 0 Å². The molecular weight excluding hydrogens is 287 g/mol. The number of halogens is 3. The van der Waals surface area contributed by atoms with Crippen LogP contribution in [0, 0.1) is 5.92 Å². The van der Waals surface area contributed by atoms with E-state index in [1.807, 2.05) is 0 Å². The number of carboxylic acid groups (broad SMARTS) is 1. The van der Waals surface area contributed by atoms with Gasteiger partial charge >= 0.3 is 12.1 Å². The number of carbonyl (C=O) groups is 2. The lowest BCUT2D eigenvalue weighted by atomic mass is 10.0.